The number of nitrogens with two attached hydrogens (primary N) is 1. The molecule has 1 saturated heterocycles. The van der Waals surface area contributed by atoms with Gasteiger partial charge in [-0.25, -0.2) is 0 Å². The zero-order valence-electron chi connectivity index (χ0n) is 12.2. The first-order chi connectivity index (χ1) is 8.74. The van der Waals surface area contributed by atoms with E-state index in [-0.39, 0.29) is 5.54 Å². The Hall–Kier alpha value is -0.120. The third kappa shape index (κ3) is 2.89. The van der Waals surface area contributed by atoms with Crippen molar-refractivity contribution >= 4 is 0 Å². The topological polar surface area (TPSA) is 38.5 Å². The summed E-state index contributed by atoms with van der Waals surface area (Å²) < 4.78 is 5.84. The van der Waals surface area contributed by atoms with Crippen LogP contribution in [0.4, 0.5) is 0 Å². The van der Waals surface area contributed by atoms with Gasteiger partial charge >= 0.3 is 0 Å². The van der Waals surface area contributed by atoms with Gasteiger partial charge in [0.25, 0.3) is 0 Å². The van der Waals surface area contributed by atoms with Crippen molar-refractivity contribution in [3.8, 4) is 0 Å². The van der Waals surface area contributed by atoms with Crippen LogP contribution in [-0.2, 0) is 4.74 Å². The first-order valence-corrected chi connectivity index (χ1v) is 7.80. The average Bonchev–Trinajstić information content (AvgIpc) is 2.37. The monoisotopic (exact) mass is 254 g/mol. The summed E-state index contributed by atoms with van der Waals surface area (Å²) >= 11 is 0. The summed E-state index contributed by atoms with van der Waals surface area (Å²) in [6.45, 7) is 8.56. The highest BCUT2D eigenvalue weighted by Crippen LogP contribution is 2.35. The number of hydrogen-bond donors (Lipinski definition) is 1. The lowest BCUT2D eigenvalue weighted by Gasteiger charge is -2.49. The largest absolute Gasteiger partial charge is 0.378 e. The molecule has 2 atom stereocenters. The van der Waals surface area contributed by atoms with Crippen LogP contribution >= 0.6 is 0 Å². The zero-order chi connectivity index (χ0) is 13.0. The minimum Gasteiger partial charge on any atom is -0.378 e. The molecule has 106 valence electrons. The minimum absolute atomic E-state index is 0.212. The van der Waals surface area contributed by atoms with Gasteiger partial charge in [-0.15, -0.1) is 0 Å². The Labute approximate surface area is 112 Å². The van der Waals surface area contributed by atoms with Crippen molar-refractivity contribution in [2.45, 2.75) is 64.0 Å². The number of rotatable bonds is 6. The van der Waals surface area contributed by atoms with Crippen molar-refractivity contribution in [1.29, 1.82) is 0 Å². The predicted molar refractivity (Wildman–Crippen MR) is 75.6 cm³/mol. The van der Waals surface area contributed by atoms with Crippen molar-refractivity contribution < 1.29 is 4.74 Å². The Kier molecular flexibility index (Phi) is 5.05. The van der Waals surface area contributed by atoms with E-state index in [1.165, 1.54) is 25.8 Å². The van der Waals surface area contributed by atoms with Gasteiger partial charge in [-0.3, -0.25) is 4.90 Å². The van der Waals surface area contributed by atoms with Crippen LogP contribution < -0.4 is 5.73 Å². The van der Waals surface area contributed by atoms with Crippen LogP contribution in [-0.4, -0.2) is 42.8 Å². The number of likely N-dealkylation sites (N-methyl/N-ethyl adjacent to an activating group) is 1. The summed E-state index contributed by atoms with van der Waals surface area (Å²) in [5.41, 5.74) is 6.38. The number of nitrogens with zero attached hydrogens (tertiary/aromatic N) is 1. The van der Waals surface area contributed by atoms with Gasteiger partial charge in [0.1, 0.15) is 0 Å². The molecule has 1 aliphatic carbocycles. The van der Waals surface area contributed by atoms with Crippen LogP contribution in [0.15, 0.2) is 0 Å². The van der Waals surface area contributed by atoms with Crippen LogP contribution in [0, 0.1) is 5.92 Å². The van der Waals surface area contributed by atoms with E-state index < -0.39 is 0 Å². The van der Waals surface area contributed by atoms with Crippen LogP contribution in [0.3, 0.4) is 0 Å². The van der Waals surface area contributed by atoms with E-state index in [9.17, 15) is 0 Å². The SMILES string of the molecule is CCC1CC(CN)(N(CC)CC2CCC2)CCO1. The van der Waals surface area contributed by atoms with E-state index in [4.69, 9.17) is 10.5 Å². The van der Waals surface area contributed by atoms with E-state index in [1.54, 1.807) is 0 Å². The first-order valence-electron chi connectivity index (χ1n) is 7.80. The molecule has 2 N–H and O–H groups in total. The second kappa shape index (κ2) is 6.36. The van der Waals surface area contributed by atoms with Gasteiger partial charge in [-0.1, -0.05) is 20.3 Å². The van der Waals surface area contributed by atoms with Crippen molar-refractivity contribution in [2.24, 2.45) is 11.7 Å². The lowest BCUT2D eigenvalue weighted by Crippen LogP contribution is -2.59. The molecule has 2 fully saturated rings. The molecule has 18 heavy (non-hydrogen) atoms. The molecule has 2 aliphatic rings. The normalized spacial score (nSPS) is 33.7. The summed E-state index contributed by atoms with van der Waals surface area (Å²) in [5, 5.41) is 0. The molecule has 0 bridgehead atoms. The molecular weight excluding hydrogens is 224 g/mol. The number of ether oxygens (including phenoxy) is 1. The van der Waals surface area contributed by atoms with Crippen LogP contribution in [0.5, 0.6) is 0 Å². The molecule has 0 amide bonds. The molecule has 1 aliphatic heterocycles. The third-order valence-electron chi connectivity index (χ3n) is 5.12. The lowest BCUT2D eigenvalue weighted by atomic mass is 9.80. The van der Waals surface area contributed by atoms with Gasteiger partial charge in [-0.2, -0.15) is 0 Å². The maximum Gasteiger partial charge on any atom is 0.0590 e. The quantitative estimate of drug-likeness (QED) is 0.791. The fourth-order valence-electron chi connectivity index (χ4n) is 3.51. The lowest BCUT2D eigenvalue weighted by molar-refractivity contribution is -0.0769. The van der Waals surface area contributed by atoms with E-state index in [0.29, 0.717) is 6.10 Å². The second-order valence-electron chi connectivity index (χ2n) is 6.12. The summed E-state index contributed by atoms with van der Waals surface area (Å²) in [6.07, 6.45) is 8.04. The van der Waals surface area contributed by atoms with Crippen LogP contribution in [0.1, 0.15) is 52.4 Å². The minimum atomic E-state index is 0.212. The van der Waals surface area contributed by atoms with Crippen molar-refractivity contribution in [3.63, 3.8) is 0 Å². The standard InChI is InChI=1S/C15H30N2O/c1-3-14-10-15(12-16,8-9-18-14)17(4-2)11-13-6-5-7-13/h13-14H,3-12,16H2,1-2H3. The van der Waals surface area contributed by atoms with Gasteiger partial charge in [-0.05, 0) is 44.6 Å². The predicted octanol–water partition coefficient (Wildman–Crippen LogP) is 2.39. The molecule has 3 nitrogen and oxygen atoms in total. The maximum atomic E-state index is 6.17. The van der Waals surface area contributed by atoms with Crippen LogP contribution in [0.25, 0.3) is 0 Å². The fraction of sp³-hybridized carbons (Fsp3) is 1.00. The molecule has 0 aromatic heterocycles. The van der Waals surface area contributed by atoms with Gasteiger partial charge in [0.05, 0.1) is 6.10 Å². The van der Waals surface area contributed by atoms with Gasteiger partial charge in [0.15, 0.2) is 0 Å². The average molecular weight is 254 g/mol. The fourth-order valence-corrected chi connectivity index (χ4v) is 3.51. The van der Waals surface area contributed by atoms with Crippen molar-refractivity contribution in [1.82, 2.24) is 4.90 Å². The highest BCUT2D eigenvalue weighted by molar-refractivity contribution is 4.97. The Bertz CT molecular complexity index is 255. The first kappa shape index (κ1) is 14.3. The Morgan fingerprint density at radius 3 is 2.61 bits per heavy atom. The molecule has 3 heteroatoms. The molecule has 2 rings (SSSR count). The summed E-state index contributed by atoms with van der Waals surface area (Å²) in [5.74, 6) is 0.927. The van der Waals surface area contributed by atoms with Gasteiger partial charge in [0.2, 0.25) is 0 Å². The summed E-state index contributed by atoms with van der Waals surface area (Å²) in [7, 11) is 0. The maximum absolute atomic E-state index is 6.17. The van der Waals surface area contributed by atoms with Gasteiger partial charge in [0, 0.05) is 25.2 Å². The molecule has 0 radical (unpaired) electrons. The molecule has 2 unspecified atom stereocenters. The number of hydrogen-bond acceptors (Lipinski definition) is 3. The highest BCUT2D eigenvalue weighted by Gasteiger charge is 2.40. The van der Waals surface area contributed by atoms with Gasteiger partial charge < -0.3 is 10.5 Å². The molecule has 1 saturated carbocycles. The Morgan fingerprint density at radius 2 is 2.11 bits per heavy atom. The smallest absolute Gasteiger partial charge is 0.0590 e. The summed E-state index contributed by atoms with van der Waals surface area (Å²) in [4.78, 5) is 2.67. The zero-order valence-corrected chi connectivity index (χ0v) is 12.2. The molecule has 1 heterocycles. The van der Waals surface area contributed by atoms with Crippen molar-refractivity contribution in [3.05, 3.63) is 0 Å². The second-order valence-corrected chi connectivity index (χ2v) is 6.12. The molecular formula is C15H30N2O. The van der Waals surface area contributed by atoms with E-state index in [1.807, 2.05) is 0 Å². The Balaban J connectivity index is 2.02. The van der Waals surface area contributed by atoms with Crippen molar-refractivity contribution in [2.75, 3.05) is 26.2 Å². The van der Waals surface area contributed by atoms with E-state index >= 15 is 0 Å². The highest BCUT2D eigenvalue weighted by atomic mass is 16.5. The summed E-state index contributed by atoms with van der Waals surface area (Å²) in [6, 6.07) is 0. The van der Waals surface area contributed by atoms with E-state index in [2.05, 4.69) is 18.7 Å². The van der Waals surface area contributed by atoms with Crippen LogP contribution in [0.2, 0.25) is 0 Å². The molecule has 0 aromatic carbocycles. The third-order valence-corrected chi connectivity index (χ3v) is 5.12. The Morgan fingerprint density at radius 1 is 1.33 bits per heavy atom. The molecule has 0 aromatic rings. The molecule has 0 spiro atoms. The van der Waals surface area contributed by atoms with E-state index in [0.717, 1.165) is 44.9 Å².